The summed E-state index contributed by atoms with van der Waals surface area (Å²) in [6.07, 6.45) is 5.13. The SMILES string of the molecule is COC(=O)C[C@H](CN1CC[C@@](F)(CCc2ccc3c(n2)NCCC3)C1)c1cccc(C2CCOC2)c1. The molecule has 3 aliphatic rings. The fraction of sp³-hybridized carbons (Fsp3) is 0.586. The third-order valence-corrected chi connectivity index (χ3v) is 8.07. The predicted molar refractivity (Wildman–Crippen MR) is 138 cm³/mol. The summed E-state index contributed by atoms with van der Waals surface area (Å²) >= 11 is 0. The summed E-state index contributed by atoms with van der Waals surface area (Å²) in [5, 5.41) is 3.37. The number of alkyl halides is 1. The molecule has 6 nitrogen and oxygen atoms in total. The molecule has 2 fully saturated rings. The van der Waals surface area contributed by atoms with Crippen molar-refractivity contribution in [3.8, 4) is 0 Å². The lowest BCUT2D eigenvalue weighted by atomic mass is 9.90. The second-order valence-electron chi connectivity index (χ2n) is 10.7. The number of pyridine rings is 1. The molecule has 0 bridgehead atoms. The molecule has 1 N–H and O–H groups in total. The fourth-order valence-corrected chi connectivity index (χ4v) is 5.89. The average Bonchev–Trinajstić information content (AvgIpc) is 3.58. The first-order valence-electron chi connectivity index (χ1n) is 13.4. The Morgan fingerprint density at radius 2 is 2.28 bits per heavy atom. The van der Waals surface area contributed by atoms with Crippen LogP contribution in [-0.2, 0) is 27.1 Å². The van der Waals surface area contributed by atoms with Crippen LogP contribution in [0.15, 0.2) is 36.4 Å². The van der Waals surface area contributed by atoms with Crippen LogP contribution in [-0.4, -0.2) is 68.0 Å². The first-order chi connectivity index (χ1) is 17.5. The number of carbonyl (C=O) groups is 1. The van der Waals surface area contributed by atoms with E-state index in [0.29, 0.717) is 51.2 Å². The van der Waals surface area contributed by atoms with Crippen molar-refractivity contribution >= 4 is 11.8 Å². The van der Waals surface area contributed by atoms with Crippen LogP contribution in [0.3, 0.4) is 0 Å². The second kappa shape index (κ2) is 11.3. The highest BCUT2D eigenvalue weighted by atomic mass is 19.1. The van der Waals surface area contributed by atoms with Crippen molar-refractivity contribution in [2.45, 2.75) is 62.5 Å². The van der Waals surface area contributed by atoms with Gasteiger partial charge in [-0.05, 0) is 61.3 Å². The highest BCUT2D eigenvalue weighted by molar-refractivity contribution is 5.70. The summed E-state index contributed by atoms with van der Waals surface area (Å²) < 4.78 is 26.4. The predicted octanol–water partition coefficient (Wildman–Crippen LogP) is 4.64. The minimum absolute atomic E-state index is 0.0320. The van der Waals surface area contributed by atoms with Gasteiger partial charge in [-0.25, -0.2) is 9.37 Å². The van der Waals surface area contributed by atoms with Crippen LogP contribution in [0.25, 0.3) is 0 Å². The van der Waals surface area contributed by atoms with Gasteiger partial charge in [0.15, 0.2) is 0 Å². The number of aryl methyl sites for hydroxylation is 2. The number of carbonyl (C=O) groups excluding carboxylic acids is 1. The highest BCUT2D eigenvalue weighted by Gasteiger charge is 2.39. The van der Waals surface area contributed by atoms with Gasteiger partial charge in [0.05, 0.1) is 20.1 Å². The fourth-order valence-electron chi connectivity index (χ4n) is 5.89. The molecule has 3 aliphatic heterocycles. The zero-order valence-corrected chi connectivity index (χ0v) is 21.3. The van der Waals surface area contributed by atoms with E-state index in [4.69, 9.17) is 14.5 Å². The van der Waals surface area contributed by atoms with Gasteiger partial charge in [0.2, 0.25) is 0 Å². The van der Waals surface area contributed by atoms with Crippen LogP contribution < -0.4 is 5.32 Å². The summed E-state index contributed by atoms with van der Waals surface area (Å²) in [6, 6.07) is 12.7. The summed E-state index contributed by atoms with van der Waals surface area (Å²) in [5.41, 5.74) is 3.35. The Morgan fingerprint density at radius 3 is 3.11 bits per heavy atom. The third-order valence-electron chi connectivity index (χ3n) is 8.07. The standard InChI is InChI=1S/C29H38FN3O3/c1-35-27(34)17-25(23-5-2-4-22(16-23)24-10-15-36-19-24)18-33-14-12-29(30,20-33)11-9-26-8-7-21-6-3-13-31-28(21)32-26/h2,4-5,7-8,16,24-25H,3,6,9-15,17-20H2,1H3,(H,31,32)/t24?,25-,29+/m1/s1. The molecular formula is C29H38FN3O3. The van der Waals surface area contributed by atoms with E-state index in [1.807, 2.05) is 0 Å². The molecule has 3 atom stereocenters. The van der Waals surface area contributed by atoms with Gasteiger partial charge in [-0.3, -0.25) is 9.69 Å². The summed E-state index contributed by atoms with van der Waals surface area (Å²) in [4.78, 5) is 19.2. The lowest BCUT2D eigenvalue weighted by Gasteiger charge is -2.26. The minimum Gasteiger partial charge on any atom is -0.469 e. The van der Waals surface area contributed by atoms with Crippen molar-refractivity contribution in [3.63, 3.8) is 0 Å². The number of nitrogens with zero attached hydrogens (tertiary/aromatic N) is 2. The van der Waals surface area contributed by atoms with Gasteiger partial charge in [-0.2, -0.15) is 0 Å². The summed E-state index contributed by atoms with van der Waals surface area (Å²) in [6.45, 7) is 4.23. The molecule has 7 heteroatoms. The van der Waals surface area contributed by atoms with E-state index in [1.165, 1.54) is 18.2 Å². The van der Waals surface area contributed by atoms with E-state index >= 15 is 4.39 Å². The number of hydrogen-bond acceptors (Lipinski definition) is 6. The Bertz CT molecular complexity index is 1060. The first-order valence-corrected chi connectivity index (χ1v) is 13.4. The van der Waals surface area contributed by atoms with Gasteiger partial charge in [0.25, 0.3) is 0 Å². The molecule has 5 rings (SSSR count). The molecule has 0 spiro atoms. The van der Waals surface area contributed by atoms with Crippen LogP contribution in [0, 0.1) is 0 Å². The number of methoxy groups -OCH3 is 1. The van der Waals surface area contributed by atoms with Crippen molar-refractivity contribution in [2.24, 2.45) is 0 Å². The van der Waals surface area contributed by atoms with Crippen LogP contribution >= 0.6 is 0 Å². The van der Waals surface area contributed by atoms with Gasteiger partial charge in [-0.1, -0.05) is 30.3 Å². The van der Waals surface area contributed by atoms with E-state index in [-0.39, 0.29) is 11.9 Å². The Labute approximate surface area is 213 Å². The number of hydrogen-bond donors (Lipinski definition) is 1. The molecule has 36 heavy (non-hydrogen) atoms. The number of ether oxygens (including phenoxy) is 2. The number of likely N-dealkylation sites (tertiary alicyclic amines) is 1. The molecule has 1 aromatic heterocycles. The van der Waals surface area contributed by atoms with Crippen LogP contribution in [0.2, 0.25) is 0 Å². The summed E-state index contributed by atoms with van der Waals surface area (Å²) in [7, 11) is 1.43. The van der Waals surface area contributed by atoms with Crippen LogP contribution in [0.5, 0.6) is 0 Å². The van der Waals surface area contributed by atoms with Crippen molar-refractivity contribution in [1.82, 2.24) is 9.88 Å². The van der Waals surface area contributed by atoms with Gasteiger partial charge >= 0.3 is 5.97 Å². The number of aromatic nitrogens is 1. The monoisotopic (exact) mass is 495 g/mol. The zero-order valence-electron chi connectivity index (χ0n) is 21.3. The topological polar surface area (TPSA) is 63.7 Å². The maximum atomic E-state index is 15.8. The molecule has 0 amide bonds. The number of rotatable bonds is 9. The molecule has 1 unspecified atom stereocenters. The van der Waals surface area contributed by atoms with E-state index in [1.54, 1.807) is 0 Å². The zero-order chi connectivity index (χ0) is 25.0. The molecule has 0 saturated carbocycles. The molecular weight excluding hydrogens is 457 g/mol. The van der Waals surface area contributed by atoms with Crippen molar-refractivity contribution < 1.29 is 18.7 Å². The van der Waals surface area contributed by atoms with Crippen molar-refractivity contribution in [3.05, 3.63) is 58.8 Å². The number of nitrogens with one attached hydrogen (secondary N) is 1. The number of anilines is 1. The molecule has 2 saturated heterocycles. The minimum atomic E-state index is -1.23. The highest BCUT2D eigenvalue weighted by Crippen LogP contribution is 2.34. The van der Waals surface area contributed by atoms with Gasteiger partial charge in [0.1, 0.15) is 11.5 Å². The van der Waals surface area contributed by atoms with Gasteiger partial charge in [-0.15, -0.1) is 0 Å². The molecule has 1 aromatic carbocycles. The summed E-state index contributed by atoms with van der Waals surface area (Å²) in [5.74, 6) is 1.11. The molecule has 194 valence electrons. The maximum absolute atomic E-state index is 15.8. The lowest BCUT2D eigenvalue weighted by molar-refractivity contribution is -0.141. The normalized spacial score (nSPS) is 24.8. The molecule has 0 radical (unpaired) electrons. The number of benzene rings is 1. The first kappa shape index (κ1) is 25.2. The van der Waals surface area contributed by atoms with E-state index in [2.05, 4.69) is 46.6 Å². The Morgan fingerprint density at radius 1 is 1.36 bits per heavy atom. The average molecular weight is 496 g/mol. The quantitative estimate of drug-likeness (QED) is 0.512. The smallest absolute Gasteiger partial charge is 0.306 e. The molecule has 2 aromatic rings. The van der Waals surface area contributed by atoms with Crippen molar-refractivity contribution in [2.75, 3.05) is 51.8 Å². The Hall–Kier alpha value is -2.51. The molecule has 0 aliphatic carbocycles. The van der Waals surface area contributed by atoms with Crippen molar-refractivity contribution in [1.29, 1.82) is 0 Å². The Kier molecular flexibility index (Phi) is 7.87. The number of fused-ring (bicyclic) bond motifs is 1. The van der Waals surface area contributed by atoms with E-state index in [9.17, 15) is 4.79 Å². The third kappa shape index (κ3) is 6.06. The van der Waals surface area contributed by atoms with Gasteiger partial charge in [0, 0.05) is 50.3 Å². The van der Waals surface area contributed by atoms with Gasteiger partial charge < -0.3 is 14.8 Å². The molecule has 4 heterocycles. The van der Waals surface area contributed by atoms with Crippen LogP contribution in [0.4, 0.5) is 10.2 Å². The maximum Gasteiger partial charge on any atom is 0.306 e. The number of halogens is 1. The number of esters is 1. The lowest BCUT2D eigenvalue weighted by Crippen LogP contribution is -2.33. The largest absolute Gasteiger partial charge is 0.469 e. The van der Waals surface area contributed by atoms with Crippen LogP contribution in [0.1, 0.15) is 66.3 Å². The van der Waals surface area contributed by atoms with E-state index < -0.39 is 5.67 Å². The Balaban J connectivity index is 1.22. The van der Waals surface area contributed by atoms with E-state index in [0.717, 1.165) is 56.1 Å². The second-order valence-corrected chi connectivity index (χ2v) is 10.7.